The van der Waals surface area contributed by atoms with Gasteiger partial charge in [0.05, 0.1) is 5.69 Å². The van der Waals surface area contributed by atoms with E-state index in [0.717, 1.165) is 5.56 Å². The molecule has 0 spiro atoms. The summed E-state index contributed by atoms with van der Waals surface area (Å²) in [5.41, 5.74) is 1.61. The number of anilines is 1. The number of likely N-dealkylation sites (tertiary alicyclic amines) is 1. The third-order valence-electron chi connectivity index (χ3n) is 5.16. The molecule has 4 rings (SSSR count). The molecule has 0 unspecified atom stereocenters. The number of aromatic nitrogens is 3. The molecule has 7 nitrogen and oxygen atoms in total. The molecule has 0 atom stereocenters. The van der Waals surface area contributed by atoms with Crippen molar-refractivity contribution in [1.29, 1.82) is 0 Å². The van der Waals surface area contributed by atoms with Gasteiger partial charge in [0.2, 0.25) is 11.8 Å². The topological polar surface area (TPSA) is 80.1 Å². The lowest BCUT2D eigenvalue weighted by Crippen LogP contribution is -2.40. The number of nitrogens with one attached hydrogen (secondary N) is 1. The summed E-state index contributed by atoms with van der Waals surface area (Å²) in [6, 6.07) is 15.1. The molecule has 0 aliphatic carbocycles. The number of pyridine rings is 1. The van der Waals surface area contributed by atoms with Crippen LogP contribution in [0.25, 0.3) is 11.9 Å². The number of hydrogen-bond donors (Lipinski definition) is 1. The van der Waals surface area contributed by atoms with E-state index in [0.29, 0.717) is 37.4 Å². The predicted octanol–water partition coefficient (Wildman–Crippen LogP) is 3.16. The maximum atomic E-state index is 12.8. The first-order valence-corrected chi connectivity index (χ1v) is 9.98. The van der Waals surface area contributed by atoms with Crippen molar-refractivity contribution >= 4 is 23.6 Å². The Bertz CT molecular complexity index is 1020. The Morgan fingerprint density at radius 3 is 2.53 bits per heavy atom. The Labute approximate surface area is 175 Å². The van der Waals surface area contributed by atoms with Gasteiger partial charge in [0.15, 0.2) is 5.82 Å². The number of carbonyl (C=O) groups is 2. The molecule has 152 valence electrons. The number of benzene rings is 1. The Kier molecular flexibility index (Phi) is 5.98. The SMILES string of the molecule is O=C(Nc1cccnc1-n1cccn1)C1CCN(C(=O)/C=C/c2ccccc2)CC1. The summed E-state index contributed by atoms with van der Waals surface area (Å²) in [6.07, 6.45) is 9.80. The van der Waals surface area contributed by atoms with Gasteiger partial charge in [-0.1, -0.05) is 30.3 Å². The minimum absolute atomic E-state index is 0.0223. The van der Waals surface area contributed by atoms with Crippen LogP contribution in [0.5, 0.6) is 0 Å². The van der Waals surface area contributed by atoms with Crippen molar-refractivity contribution in [2.75, 3.05) is 18.4 Å². The maximum absolute atomic E-state index is 12.8. The van der Waals surface area contributed by atoms with E-state index < -0.39 is 0 Å². The van der Waals surface area contributed by atoms with Gasteiger partial charge in [-0.15, -0.1) is 0 Å². The van der Waals surface area contributed by atoms with Gasteiger partial charge in [0, 0.05) is 43.7 Å². The molecule has 3 aromatic rings. The lowest BCUT2D eigenvalue weighted by molar-refractivity contribution is -0.130. The van der Waals surface area contributed by atoms with Gasteiger partial charge < -0.3 is 10.2 Å². The largest absolute Gasteiger partial charge is 0.339 e. The lowest BCUT2D eigenvalue weighted by atomic mass is 9.95. The second-order valence-corrected chi connectivity index (χ2v) is 7.16. The summed E-state index contributed by atoms with van der Waals surface area (Å²) >= 11 is 0. The average Bonchev–Trinajstić information content (AvgIpc) is 3.33. The molecular weight excluding hydrogens is 378 g/mol. The second-order valence-electron chi connectivity index (χ2n) is 7.16. The molecule has 2 aromatic heterocycles. The minimum Gasteiger partial charge on any atom is -0.339 e. The van der Waals surface area contributed by atoms with Crippen LogP contribution in [0, 0.1) is 5.92 Å². The minimum atomic E-state index is -0.141. The normalized spacial score (nSPS) is 14.7. The van der Waals surface area contributed by atoms with Crippen LogP contribution in [0.2, 0.25) is 0 Å². The molecule has 2 amide bonds. The highest BCUT2D eigenvalue weighted by Crippen LogP contribution is 2.22. The smallest absolute Gasteiger partial charge is 0.246 e. The van der Waals surface area contributed by atoms with Crippen LogP contribution in [-0.4, -0.2) is 44.6 Å². The van der Waals surface area contributed by atoms with Crippen molar-refractivity contribution in [3.63, 3.8) is 0 Å². The van der Waals surface area contributed by atoms with Gasteiger partial charge in [0.25, 0.3) is 0 Å². The van der Waals surface area contributed by atoms with Crippen molar-refractivity contribution < 1.29 is 9.59 Å². The summed E-state index contributed by atoms with van der Waals surface area (Å²) in [6.45, 7) is 1.13. The molecule has 0 saturated carbocycles. The number of rotatable bonds is 5. The highest BCUT2D eigenvalue weighted by Gasteiger charge is 2.27. The fourth-order valence-electron chi connectivity index (χ4n) is 3.51. The van der Waals surface area contributed by atoms with Crippen LogP contribution in [0.4, 0.5) is 5.69 Å². The third-order valence-corrected chi connectivity index (χ3v) is 5.16. The highest BCUT2D eigenvalue weighted by atomic mass is 16.2. The first kappa shape index (κ1) is 19.6. The molecular formula is C23H23N5O2. The number of amides is 2. The van der Waals surface area contributed by atoms with E-state index in [9.17, 15) is 9.59 Å². The van der Waals surface area contributed by atoms with Crippen LogP contribution < -0.4 is 5.32 Å². The van der Waals surface area contributed by atoms with Gasteiger partial charge >= 0.3 is 0 Å². The molecule has 1 fully saturated rings. The van der Waals surface area contributed by atoms with E-state index in [2.05, 4.69) is 15.4 Å². The van der Waals surface area contributed by atoms with E-state index in [-0.39, 0.29) is 17.7 Å². The Morgan fingerprint density at radius 1 is 1.00 bits per heavy atom. The van der Waals surface area contributed by atoms with Crippen molar-refractivity contribution in [2.24, 2.45) is 5.92 Å². The molecule has 1 aliphatic heterocycles. The van der Waals surface area contributed by atoms with Gasteiger partial charge in [-0.05, 0) is 42.7 Å². The maximum Gasteiger partial charge on any atom is 0.246 e. The number of piperidine rings is 1. The molecule has 0 bridgehead atoms. The van der Waals surface area contributed by atoms with E-state index in [1.54, 1.807) is 46.4 Å². The van der Waals surface area contributed by atoms with E-state index in [1.165, 1.54) is 0 Å². The number of carbonyl (C=O) groups excluding carboxylic acids is 2. The van der Waals surface area contributed by atoms with Crippen LogP contribution in [0.3, 0.4) is 0 Å². The molecule has 0 radical (unpaired) electrons. The summed E-state index contributed by atoms with van der Waals surface area (Å²) < 4.78 is 1.62. The van der Waals surface area contributed by atoms with Crippen LogP contribution >= 0.6 is 0 Å². The monoisotopic (exact) mass is 401 g/mol. The lowest BCUT2D eigenvalue weighted by Gasteiger charge is -2.30. The summed E-state index contributed by atoms with van der Waals surface area (Å²) in [5, 5.41) is 7.17. The van der Waals surface area contributed by atoms with E-state index in [1.807, 2.05) is 42.5 Å². The van der Waals surface area contributed by atoms with E-state index >= 15 is 0 Å². The van der Waals surface area contributed by atoms with Crippen LogP contribution in [0.1, 0.15) is 18.4 Å². The molecule has 1 aromatic carbocycles. The highest BCUT2D eigenvalue weighted by molar-refractivity contribution is 5.95. The Hall–Kier alpha value is -3.74. The van der Waals surface area contributed by atoms with Crippen molar-refractivity contribution in [2.45, 2.75) is 12.8 Å². The standard InChI is InChI=1S/C23H23N5O2/c29-21(10-9-18-6-2-1-3-7-18)27-16-11-19(12-17-27)23(30)26-20-8-4-13-24-22(20)28-15-5-14-25-28/h1-10,13-15,19H,11-12,16-17H2,(H,26,30)/b10-9+. The fourth-order valence-corrected chi connectivity index (χ4v) is 3.51. The van der Waals surface area contributed by atoms with Gasteiger partial charge in [-0.3, -0.25) is 9.59 Å². The average molecular weight is 401 g/mol. The molecule has 3 heterocycles. The molecule has 7 heteroatoms. The zero-order valence-electron chi connectivity index (χ0n) is 16.5. The zero-order chi connectivity index (χ0) is 20.8. The summed E-state index contributed by atoms with van der Waals surface area (Å²) in [7, 11) is 0. The summed E-state index contributed by atoms with van der Waals surface area (Å²) in [5.74, 6) is 0.363. The number of hydrogen-bond acceptors (Lipinski definition) is 4. The zero-order valence-corrected chi connectivity index (χ0v) is 16.5. The third kappa shape index (κ3) is 4.63. The fraction of sp³-hybridized carbons (Fsp3) is 0.217. The van der Waals surface area contributed by atoms with Gasteiger partial charge in [0.1, 0.15) is 0 Å². The molecule has 1 aliphatic rings. The second kappa shape index (κ2) is 9.17. The summed E-state index contributed by atoms with van der Waals surface area (Å²) in [4.78, 5) is 31.3. The van der Waals surface area contributed by atoms with Crippen molar-refractivity contribution in [3.8, 4) is 5.82 Å². The van der Waals surface area contributed by atoms with Crippen molar-refractivity contribution in [1.82, 2.24) is 19.7 Å². The quantitative estimate of drug-likeness (QED) is 0.666. The Balaban J connectivity index is 1.33. The molecule has 1 N–H and O–H groups in total. The van der Waals surface area contributed by atoms with Crippen molar-refractivity contribution in [3.05, 3.63) is 78.8 Å². The predicted molar refractivity (Wildman–Crippen MR) is 115 cm³/mol. The number of nitrogens with zero attached hydrogens (tertiary/aromatic N) is 4. The molecule has 30 heavy (non-hydrogen) atoms. The first-order valence-electron chi connectivity index (χ1n) is 9.98. The molecule has 1 saturated heterocycles. The van der Waals surface area contributed by atoms with Gasteiger partial charge in [-0.25, -0.2) is 9.67 Å². The van der Waals surface area contributed by atoms with E-state index in [4.69, 9.17) is 0 Å². The van der Waals surface area contributed by atoms with Crippen LogP contribution in [0.15, 0.2) is 73.2 Å². The van der Waals surface area contributed by atoms with Gasteiger partial charge in [-0.2, -0.15) is 5.10 Å². The first-order chi connectivity index (χ1) is 14.7. The Morgan fingerprint density at radius 2 is 1.80 bits per heavy atom. The van der Waals surface area contributed by atoms with Crippen LogP contribution in [-0.2, 0) is 9.59 Å².